The Morgan fingerprint density at radius 3 is 2.87 bits per heavy atom. The van der Waals surface area contributed by atoms with Crippen LogP contribution in [0.5, 0.6) is 0 Å². The predicted octanol–water partition coefficient (Wildman–Crippen LogP) is 0.480. The number of rotatable bonds is 2. The lowest BCUT2D eigenvalue weighted by atomic mass is 10.0. The molecule has 0 atom stereocenters. The summed E-state index contributed by atoms with van der Waals surface area (Å²) in [4.78, 5) is 21.0. The van der Waals surface area contributed by atoms with Gasteiger partial charge in [0.2, 0.25) is 0 Å². The monoisotopic (exact) mass is 212 g/mol. The van der Waals surface area contributed by atoms with Crippen molar-refractivity contribution < 1.29 is 19.7 Å². The highest BCUT2D eigenvalue weighted by Crippen LogP contribution is 2.19. The van der Waals surface area contributed by atoms with E-state index in [4.69, 9.17) is 5.21 Å². The first-order valence-electron chi connectivity index (χ1n) is 3.96. The summed E-state index contributed by atoms with van der Waals surface area (Å²) in [6.45, 7) is 0. The van der Waals surface area contributed by atoms with Crippen molar-refractivity contribution in [1.29, 1.82) is 0 Å². The normalized spacial score (nSPS) is 18.1. The van der Waals surface area contributed by atoms with E-state index in [0.29, 0.717) is 0 Å². The summed E-state index contributed by atoms with van der Waals surface area (Å²) in [7, 11) is 1.14. The van der Waals surface area contributed by atoms with E-state index < -0.39 is 16.6 Å². The van der Waals surface area contributed by atoms with E-state index in [1.54, 1.807) is 0 Å². The van der Waals surface area contributed by atoms with Gasteiger partial charge in [0.05, 0.1) is 17.7 Å². The molecular formula is C8H8N2O5. The SMILES string of the molecule is COC(=O)C1=CCC(=NO)C=C1[N+](=O)[O-]. The zero-order valence-corrected chi connectivity index (χ0v) is 7.84. The number of methoxy groups -OCH3 is 1. The molecule has 0 aromatic carbocycles. The molecule has 0 bridgehead atoms. The Bertz CT molecular complexity index is 394. The number of esters is 1. The summed E-state index contributed by atoms with van der Waals surface area (Å²) in [6.07, 6.45) is 2.48. The summed E-state index contributed by atoms with van der Waals surface area (Å²) in [5, 5.41) is 21.9. The van der Waals surface area contributed by atoms with Crippen molar-refractivity contribution in [3.05, 3.63) is 33.5 Å². The van der Waals surface area contributed by atoms with Crippen molar-refractivity contribution in [2.24, 2.45) is 5.16 Å². The van der Waals surface area contributed by atoms with E-state index in [0.717, 1.165) is 13.2 Å². The molecule has 0 amide bonds. The second kappa shape index (κ2) is 4.36. The molecule has 0 saturated heterocycles. The fourth-order valence-electron chi connectivity index (χ4n) is 1.12. The third-order valence-corrected chi connectivity index (χ3v) is 1.83. The van der Waals surface area contributed by atoms with Crippen LogP contribution in [0.25, 0.3) is 0 Å². The number of nitrogens with zero attached hydrogens (tertiary/aromatic N) is 2. The average molecular weight is 212 g/mol. The molecule has 1 N–H and O–H groups in total. The maximum atomic E-state index is 11.1. The van der Waals surface area contributed by atoms with Crippen LogP contribution in [0.1, 0.15) is 6.42 Å². The molecule has 7 nitrogen and oxygen atoms in total. The largest absolute Gasteiger partial charge is 0.465 e. The van der Waals surface area contributed by atoms with Gasteiger partial charge in [0, 0.05) is 12.5 Å². The number of carbonyl (C=O) groups excluding carboxylic acids is 1. The minimum atomic E-state index is -0.782. The third kappa shape index (κ3) is 2.19. The average Bonchev–Trinajstić information content (AvgIpc) is 2.27. The number of hydrogen-bond acceptors (Lipinski definition) is 6. The van der Waals surface area contributed by atoms with Gasteiger partial charge in [0.15, 0.2) is 0 Å². The minimum Gasteiger partial charge on any atom is -0.465 e. The second-order valence-corrected chi connectivity index (χ2v) is 2.69. The van der Waals surface area contributed by atoms with E-state index in [2.05, 4.69) is 9.89 Å². The van der Waals surface area contributed by atoms with Gasteiger partial charge in [-0.2, -0.15) is 0 Å². The lowest BCUT2D eigenvalue weighted by molar-refractivity contribution is -0.420. The Morgan fingerprint density at radius 1 is 1.73 bits per heavy atom. The van der Waals surface area contributed by atoms with Crippen LogP contribution < -0.4 is 0 Å². The zero-order valence-electron chi connectivity index (χ0n) is 7.84. The summed E-state index contributed by atoms with van der Waals surface area (Å²) >= 11 is 0. The van der Waals surface area contributed by atoms with Crippen molar-refractivity contribution in [2.45, 2.75) is 6.42 Å². The van der Waals surface area contributed by atoms with Gasteiger partial charge in [0.1, 0.15) is 5.57 Å². The molecule has 0 aromatic heterocycles. The van der Waals surface area contributed by atoms with Gasteiger partial charge in [-0.1, -0.05) is 11.2 Å². The van der Waals surface area contributed by atoms with E-state index in [1.165, 1.54) is 6.08 Å². The van der Waals surface area contributed by atoms with Crippen LogP contribution in [0.15, 0.2) is 28.6 Å². The molecule has 0 aliphatic heterocycles. The zero-order chi connectivity index (χ0) is 11.4. The van der Waals surface area contributed by atoms with Gasteiger partial charge in [-0.05, 0) is 0 Å². The van der Waals surface area contributed by atoms with Crippen molar-refractivity contribution in [1.82, 2.24) is 0 Å². The molecule has 0 unspecified atom stereocenters. The Labute approximate surface area is 84.5 Å². The van der Waals surface area contributed by atoms with Crippen LogP contribution in [0.4, 0.5) is 0 Å². The van der Waals surface area contributed by atoms with Crippen molar-refractivity contribution >= 4 is 11.7 Å². The van der Waals surface area contributed by atoms with Gasteiger partial charge in [-0.25, -0.2) is 4.79 Å². The van der Waals surface area contributed by atoms with Gasteiger partial charge in [-0.3, -0.25) is 10.1 Å². The maximum Gasteiger partial charge on any atom is 0.344 e. The predicted molar refractivity (Wildman–Crippen MR) is 49.0 cm³/mol. The Morgan fingerprint density at radius 2 is 2.40 bits per heavy atom. The van der Waals surface area contributed by atoms with Crippen molar-refractivity contribution in [3.63, 3.8) is 0 Å². The fourth-order valence-corrected chi connectivity index (χ4v) is 1.12. The molecule has 7 heteroatoms. The molecule has 0 radical (unpaired) electrons. The van der Waals surface area contributed by atoms with Gasteiger partial charge in [0.25, 0.3) is 5.70 Å². The van der Waals surface area contributed by atoms with E-state index in [1.807, 2.05) is 0 Å². The molecule has 1 aliphatic carbocycles. The number of nitro groups is 1. The first kappa shape index (κ1) is 10.9. The molecule has 1 rings (SSSR count). The highest BCUT2D eigenvalue weighted by molar-refractivity contribution is 6.03. The molecule has 0 fully saturated rings. The molecule has 0 aromatic rings. The molecule has 0 heterocycles. The van der Waals surface area contributed by atoms with Crippen LogP contribution >= 0.6 is 0 Å². The number of allylic oxidation sites excluding steroid dienone is 2. The first-order chi connectivity index (χ1) is 7.10. The number of oxime groups is 1. The summed E-state index contributed by atoms with van der Waals surface area (Å²) < 4.78 is 4.38. The fraction of sp³-hybridized carbons (Fsp3) is 0.250. The molecule has 80 valence electrons. The molecule has 0 saturated carbocycles. The van der Waals surface area contributed by atoms with Crippen LogP contribution in [-0.4, -0.2) is 28.9 Å². The van der Waals surface area contributed by atoms with Gasteiger partial charge >= 0.3 is 5.97 Å². The van der Waals surface area contributed by atoms with Crippen molar-refractivity contribution in [3.8, 4) is 0 Å². The maximum absolute atomic E-state index is 11.1. The molecular weight excluding hydrogens is 204 g/mol. The van der Waals surface area contributed by atoms with Crippen LogP contribution in [0.3, 0.4) is 0 Å². The van der Waals surface area contributed by atoms with Crippen molar-refractivity contribution in [2.75, 3.05) is 7.11 Å². The molecule has 15 heavy (non-hydrogen) atoms. The Kier molecular flexibility index (Phi) is 3.17. The quantitative estimate of drug-likeness (QED) is 0.310. The third-order valence-electron chi connectivity index (χ3n) is 1.83. The van der Waals surface area contributed by atoms with E-state index in [9.17, 15) is 14.9 Å². The Hall–Kier alpha value is -2.18. The smallest absolute Gasteiger partial charge is 0.344 e. The van der Waals surface area contributed by atoms with Crippen LogP contribution in [0, 0.1) is 10.1 Å². The topological polar surface area (TPSA) is 102 Å². The first-order valence-corrected chi connectivity index (χ1v) is 3.96. The summed E-state index contributed by atoms with van der Waals surface area (Å²) in [6, 6.07) is 0. The summed E-state index contributed by atoms with van der Waals surface area (Å²) in [5.74, 6) is -0.782. The minimum absolute atomic E-state index is 0.120. The number of hydrogen-bond donors (Lipinski definition) is 1. The second-order valence-electron chi connectivity index (χ2n) is 2.69. The van der Waals surface area contributed by atoms with Crippen LogP contribution in [-0.2, 0) is 9.53 Å². The highest BCUT2D eigenvalue weighted by Gasteiger charge is 2.28. The highest BCUT2D eigenvalue weighted by atomic mass is 16.6. The van der Waals surface area contributed by atoms with Gasteiger partial charge < -0.3 is 9.94 Å². The lowest BCUT2D eigenvalue weighted by Crippen LogP contribution is -2.17. The van der Waals surface area contributed by atoms with E-state index >= 15 is 0 Å². The molecule has 0 spiro atoms. The molecule has 1 aliphatic rings. The standard InChI is InChI=1S/C8H8N2O5/c1-15-8(11)6-3-2-5(9-12)4-7(6)10(13)14/h3-4,12H,2H2,1H3. The Balaban J connectivity index is 3.10. The lowest BCUT2D eigenvalue weighted by Gasteiger charge is -2.07. The summed E-state index contributed by atoms with van der Waals surface area (Å²) in [5.41, 5.74) is -0.440. The van der Waals surface area contributed by atoms with Gasteiger partial charge in [-0.15, -0.1) is 0 Å². The van der Waals surface area contributed by atoms with Crippen LogP contribution in [0.2, 0.25) is 0 Å². The van der Waals surface area contributed by atoms with E-state index in [-0.39, 0.29) is 17.7 Å². The number of ether oxygens (including phenoxy) is 1. The number of carbonyl (C=O) groups is 1.